The Labute approximate surface area is 141 Å². The maximum atomic E-state index is 13.1. The Balaban J connectivity index is 2.02. The number of amides is 2. The highest BCUT2D eigenvalue weighted by Gasteiger charge is 2.28. The number of para-hydroxylation sites is 1. The molecular weight excluding hydrogens is 304 g/mol. The molecule has 0 atom stereocenters. The average molecular weight is 324 g/mol. The monoisotopic (exact) mass is 324 g/mol. The first-order valence-corrected chi connectivity index (χ1v) is 7.93. The summed E-state index contributed by atoms with van der Waals surface area (Å²) in [5.41, 5.74) is 3.03. The van der Waals surface area contributed by atoms with Gasteiger partial charge in [0.1, 0.15) is 0 Å². The van der Waals surface area contributed by atoms with E-state index >= 15 is 0 Å². The first kappa shape index (κ1) is 16.1. The summed E-state index contributed by atoms with van der Waals surface area (Å²) in [6, 6.07) is 13.1. The van der Waals surface area contributed by atoms with E-state index in [2.05, 4.69) is 0 Å². The highest BCUT2D eigenvalue weighted by Crippen LogP contribution is 2.35. The van der Waals surface area contributed by atoms with E-state index in [9.17, 15) is 9.59 Å². The standard InChI is InChI=1S/C19H20N2O3/c1-4-21(14-8-5-7-13(2)11-14)19(23)15-9-6-10-16-18(15)24-12-17(22)20(16)3/h5-11H,4,12H2,1-3H3. The molecule has 1 aliphatic heterocycles. The van der Waals surface area contributed by atoms with E-state index in [0.29, 0.717) is 23.5 Å². The van der Waals surface area contributed by atoms with E-state index < -0.39 is 0 Å². The van der Waals surface area contributed by atoms with Crippen molar-refractivity contribution in [2.24, 2.45) is 0 Å². The van der Waals surface area contributed by atoms with E-state index in [-0.39, 0.29) is 18.4 Å². The van der Waals surface area contributed by atoms with Crippen LogP contribution < -0.4 is 14.5 Å². The Bertz CT molecular complexity index is 801. The Morgan fingerprint density at radius 1 is 1.25 bits per heavy atom. The molecule has 2 aromatic carbocycles. The number of nitrogens with zero attached hydrogens (tertiary/aromatic N) is 2. The Morgan fingerprint density at radius 2 is 2.00 bits per heavy atom. The lowest BCUT2D eigenvalue weighted by molar-refractivity contribution is -0.121. The van der Waals surface area contributed by atoms with E-state index in [0.717, 1.165) is 11.3 Å². The lowest BCUT2D eigenvalue weighted by Gasteiger charge is -2.29. The van der Waals surface area contributed by atoms with E-state index in [1.165, 1.54) is 4.90 Å². The molecule has 0 aliphatic carbocycles. The number of hydrogen-bond donors (Lipinski definition) is 0. The summed E-state index contributed by atoms with van der Waals surface area (Å²) in [5.74, 6) is 0.205. The van der Waals surface area contributed by atoms with Crippen LogP contribution in [0.5, 0.6) is 5.75 Å². The fourth-order valence-electron chi connectivity index (χ4n) is 2.86. The minimum absolute atomic E-state index is 0.0512. The fraction of sp³-hybridized carbons (Fsp3) is 0.263. The molecule has 1 aliphatic rings. The molecule has 3 rings (SSSR count). The molecule has 0 spiro atoms. The molecule has 0 fully saturated rings. The minimum Gasteiger partial charge on any atom is -0.481 e. The van der Waals surface area contributed by atoms with E-state index in [1.54, 1.807) is 30.1 Å². The van der Waals surface area contributed by atoms with Crippen LogP contribution in [0.1, 0.15) is 22.8 Å². The maximum Gasteiger partial charge on any atom is 0.264 e. The number of hydrogen-bond acceptors (Lipinski definition) is 3. The Kier molecular flexibility index (Phi) is 4.25. The smallest absolute Gasteiger partial charge is 0.264 e. The summed E-state index contributed by atoms with van der Waals surface area (Å²) < 4.78 is 5.57. The predicted octanol–water partition coefficient (Wildman–Crippen LogP) is 3.02. The second-order valence-corrected chi connectivity index (χ2v) is 5.78. The van der Waals surface area contributed by atoms with Gasteiger partial charge >= 0.3 is 0 Å². The number of aryl methyl sites for hydroxylation is 1. The van der Waals surface area contributed by atoms with Crippen molar-refractivity contribution in [3.8, 4) is 5.75 Å². The van der Waals surface area contributed by atoms with E-state index in [1.807, 2.05) is 38.1 Å². The molecule has 124 valence electrons. The van der Waals surface area contributed by atoms with Gasteiger partial charge in [0.25, 0.3) is 11.8 Å². The van der Waals surface area contributed by atoms with Crippen molar-refractivity contribution >= 4 is 23.2 Å². The van der Waals surface area contributed by atoms with Gasteiger partial charge in [0.15, 0.2) is 12.4 Å². The number of ether oxygens (including phenoxy) is 1. The number of likely N-dealkylation sites (N-methyl/N-ethyl adjacent to an activating group) is 1. The van der Waals surface area contributed by atoms with Crippen molar-refractivity contribution < 1.29 is 14.3 Å². The molecular formula is C19H20N2O3. The Hall–Kier alpha value is -2.82. The molecule has 0 bridgehead atoms. The first-order valence-electron chi connectivity index (χ1n) is 7.93. The molecule has 0 saturated carbocycles. The van der Waals surface area contributed by atoms with Crippen molar-refractivity contribution in [2.45, 2.75) is 13.8 Å². The van der Waals surface area contributed by atoms with Crippen LogP contribution in [0.4, 0.5) is 11.4 Å². The lowest BCUT2D eigenvalue weighted by Crippen LogP contribution is -2.37. The van der Waals surface area contributed by atoms with Crippen LogP contribution >= 0.6 is 0 Å². The Morgan fingerprint density at radius 3 is 2.71 bits per heavy atom. The van der Waals surface area contributed by atoms with Gasteiger partial charge in [-0.1, -0.05) is 18.2 Å². The molecule has 0 unspecified atom stereocenters. The molecule has 2 amide bonds. The van der Waals surface area contributed by atoms with Crippen molar-refractivity contribution in [1.29, 1.82) is 0 Å². The molecule has 24 heavy (non-hydrogen) atoms. The van der Waals surface area contributed by atoms with Gasteiger partial charge in [-0.2, -0.15) is 0 Å². The largest absolute Gasteiger partial charge is 0.481 e. The van der Waals surface area contributed by atoms with Crippen LogP contribution in [0.15, 0.2) is 42.5 Å². The van der Waals surface area contributed by atoms with Crippen molar-refractivity contribution in [3.05, 3.63) is 53.6 Å². The summed E-state index contributed by atoms with van der Waals surface area (Å²) in [6.45, 7) is 4.42. The van der Waals surface area contributed by atoms with Gasteiger partial charge in [-0.3, -0.25) is 9.59 Å². The zero-order chi connectivity index (χ0) is 17.3. The second kappa shape index (κ2) is 6.35. The van der Waals surface area contributed by atoms with Crippen LogP contribution in [0.3, 0.4) is 0 Å². The van der Waals surface area contributed by atoms with Crippen molar-refractivity contribution in [2.75, 3.05) is 30.0 Å². The number of anilines is 2. The summed E-state index contributed by atoms with van der Waals surface area (Å²) in [4.78, 5) is 28.1. The maximum absolute atomic E-state index is 13.1. The van der Waals surface area contributed by atoms with Crippen LogP contribution in [0, 0.1) is 6.92 Å². The van der Waals surface area contributed by atoms with Gasteiger partial charge < -0.3 is 14.5 Å². The second-order valence-electron chi connectivity index (χ2n) is 5.78. The quantitative estimate of drug-likeness (QED) is 0.872. The average Bonchev–Trinajstić information content (AvgIpc) is 2.58. The third-order valence-electron chi connectivity index (χ3n) is 4.17. The third kappa shape index (κ3) is 2.73. The zero-order valence-electron chi connectivity index (χ0n) is 14.1. The zero-order valence-corrected chi connectivity index (χ0v) is 14.1. The lowest BCUT2D eigenvalue weighted by atomic mass is 10.1. The molecule has 0 aromatic heterocycles. The van der Waals surface area contributed by atoms with Gasteiger partial charge in [0.05, 0.1) is 11.3 Å². The molecule has 0 N–H and O–H groups in total. The van der Waals surface area contributed by atoms with Crippen molar-refractivity contribution in [3.63, 3.8) is 0 Å². The predicted molar refractivity (Wildman–Crippen MR) is 93.9 cm³/mol. The molecule has 5 heteroatoms. The van der Waals surface area contributed by atoms with Gasteiger partial charge in [-0.25, -0.2) is 0 Å². The number of benzene rings is 2. The number of carbonyl (C=O) groups excluding carboxylic acids is 2. The third-order valence-corrected chi connectivity index (χ3v) is 4.17. The van der Waals surface area contributed by atoms with E-state index in [4.69, 9.17) is 4.74 Å². The minimum atomic E-state index is -0.136. The topological polar surface area (TPSA) is 49.9 Å². The molecule has 1 heterocycles. The molecule has 5 nitrogen and oxygen atoms in total. The highest BCUT2D eigenvalue weighted by atomic mass is 16.5. The normalized spacial score (nSPS) is 13.3. The molecule has 2 aromatic rings. The fourth-order valence-corrected chi connectivity index (χ4v) is 2.86. The van der Waals surface area contributed by atoms with Gasteiger partial charge in [0.2, 0.25) is 0 Å². The SMILES string of the molecule is CCN(C(=O)c1cccc2c1OCC(=O)N2C)c1cccc(C)c1. The van der Waals surface area contributed by atoms with Crippen LogP contribution in [0.25, 0.3) is 0 Å². The van der Waals surface area contributed by atoms with Crippen LogP contribution in [0.2, 0.25) is 0 Å². The summed E-state index contributed by atoms with van der Waals surface area (Å²) in [6.07, 6.45) is 0. The first-order chi connectivity index (χ1) is 11.5. The van der Waals surface area contributed by atoms with Gasteiger partial charge in [-0.15, -0.1) is 0 Å². The number of rotatable bonds is 3. The van der Waals surface area contributed by atoms with Crippen LogP contribution in [-0.4, -0.2) is 32.0 Å². The summed E-state index contributed by atoms with van der Waals surface area (Å²) in [7, 11) is 1.69. The highest BCUT2D eigenvalue weighted by molar-refractivity contribution is 6.10. The number of carbonyl (C=O) groups is 2. The summed E-state index contributed by atoms with van der Waals surface area (Å²) in [5, 5.41) is 0. The summed E-state index contributed by atoms with van der Waals surface area (Å²) >= 11 is 0. The molecule has 0 radical (unpaired) electrons. The van der Waals surface area contributed by atoms with Gasteiger partial charge in [-0.05, 0) is 43.7 Å². The van der Waals surface area contributed by atoms with Crippen molar-refractivity contribution in [1.82, 2.24) is 0 Å². The van der Waals surface area contributed by atoms with Gasteiger partial charge in [0, 0.05) is 19.3 Å². The number of fused-ring (bicyclic) bond motifs is 1. The van der Waals surface area contributed by atoms with Crippen LogP contribution in [-0.2, 0) is 4.79 Å². The molecule has 0 saturated heterocycles.